The van der Waals surface area contributed by atoms with E-state index in [0.29, 0.717) is 0 Å². The Morgan fingerprint density at radius 2 is 1.90 bits per heavy atom. The summed E-state index contributed by atoms with van der Waals surface area (Å²) in [7, 11) is 0. The van der Waals surface area contributed by atoms with Gasteiger partial charge in [0, 0.05) is 12.5 Å². The maximum absolute atomic E-state index is 11.5. The van der Waals surface area contributed by atoms with Crippen molar-refractivity contribution in [2.24, 2.45) is 5.92 Å². The number of alkyl carbamates (subject to hydrolysis) is 1. The first-order chi connectivity index (χ1) is 10.0. The summed E-state index contributed by atoms with van der Waals surface area (Å²) in [6.07, 6.45) is -1.86. The SMILES string of the molecule is CCOC(=O)[C@@H](O)[C@H](C)CNC(=O)OCc1ccccc1. The predicted molar refractivity (Wildman–Crippen MR) is 76.4 cm³/mol. The maximum atomic E-state index is 11.5. The Labute approximate surface area is 124 Å². The first kappa shape index (κ1) is 17.0. The molecular formula is C15H21NO5. The van der Waals surface area contributed by atoms with Crippen LogP contribution in [0.2, 0.25) is 0 Å². The fraction of sp³-hybridized carbons (Fsp3) is 0.467. The first-order valence-electron chi connectivity index (χ1n) is 6.83. The summed E-state index contributed by atoms with van der Waals surface area (Å²) in [4.78, 5) is 22.8. The second kappa shape index (κ2) is 8.97. The molecule has 6 heteroatoms. The Balaban J connectivity index is 2.27. The minimum atomic E-state index is -1.26. The summed E-state index contributed by atoms with van der Waals surface area (Å²) in [5.74, 6) is -1.15. The number of rotatable bonds is 7. The molecule has 0 aliphatic carbocycles. The molecule has 0 heterocycles. The number of aliphatic hydroxyl groups excluding tert-OH is 1. The van der Waals surface area contributed by atoms with Crippen molar-refractivity contribution in [3.63, 3.8) is 0 Å². The van der Waals surface area contributed by atoms with Crippen LogP contribution >= 0.6 is 0 Å². The predicted octanol–water partition coefficient (Wildman–Crippen LogP) is 1.47. The van der Waals surface area contributed by atoms with Crippen molar-refractivity contribution >= 4 is 12.1 Å². The molecule has 0 unspecified atom stereocenters. The van der Waals surface area contributed by atoms with E-state index in [9.17, 15) is 14.7 Å². The highest BCUT2D eigenvalue weighted by Gasteiger charge is 2.24. The number of aliphatic hydroxyl groups is 1. The zero-order valence-corrected chi connectivity index (χ0v) is 12.2. The average molecular weight is 295 g/mol. The fourth-order valence-electron chi connectivity index (χ4n) is 1.59. The number of nitrogens with one attached hydrogen (secondary N) is 1. The Bertz CT molecular complexity index is 449. The van der Waals surface area contributed by atoms with E-state index in [-0.39, 0.29) is 19.8 Å². The summed E-state index contributed by atoms with van der Waals surface area (Å²) in [5.41, 5.74) is 0.882. The molecule has 6 nitrogen and oxygen atoms in total. The van der Waals surface area contributed by atoms with Gasteiger partial charge in [-0.2, -0.15) is 0 Å². The molecule has 0 fully saturated rings. The van der Waals surface area contributed by atoms with Gasteiger partial charge in [-0.1, -0.05) is 37.3 Å². The molecule has 1 aromatic rings. The third-order valence-corrected chi connectivity index (χ3v) is 2.85. The van der Waals surface area contributed by atoms with E-state index in [0.717, 1.165) is 5.56 Å². The van der Waals surface area contributed by atoms with E-state index in [1.54, 1.807) is 13.8 Å². The Hall–Kier alpha value is -2.08. The topological polar surface area (TPSA) is 84.9 Å². The Morgan fingerprint density at radius 1 is 1.24 bits per heavy atom. The van der Waals surface area contributed by atoms with Crippen molar-refractivity contribution in [3.8, 4) is 0 Å². The van der Waals surface area contributed by atoms with Crippen molar-refractivity contribution in [1.82, 2.24) is 5.32 Å². The Morgan fingerprint density at radius 3 is 2.52 bits per heavy atom. The van der Waals surface area contributed by atoms with Crippen LogP contribution in [0.4, 0.5) is 4.79 Å². The molecule has 1 aromatic carbocycles. The lowest BCUT2D eigenvalue weighted by atomic mass is 10.1. The Kier molecular flexibility index (Phi) is 7.25. The summed E-state index contributed by atoms with van der Waals surface area (Å²) in [5, 5.41) is 12.2. The molecule has 0 aliphatic rings. The van der Waals surface area contributed by atoms with Gasteiger partial charge in [0.05, 0.1) is 6.61 Å². The van der Waals surface area contributed by atoms with E-state index in [2.05, 4.69) is 5.32 Å². The first-order valence-corrected chi connectivity index (χ1v) is 6.83. The minimum Gasteiger partial charge on any atom is -0.464 e. The highest BCUT2D eigenvalue weighted by atomic mass is 16.6. The van der Waals surface area contributed by atoms with Gasteiger partial charge in [-0.05, 0) is 12.5 Å². The summed E-state index contributed by atoms with van der Waals surface area (Å²) < 4.78 is 9.72. The van der Waals surface area contributed by atoms with Crippen LogP contribution in [0.1, 0.15) is 19.4 Å². The van der Waals surface area contributed by atoms with E-state index < -0.39 is 24.1 Å². The van der Waals surface area contributed by atoms with E-state index in [4.69, 9.17) is 9.47 Å². The van der Waals surface area contributed by atoms with Gasteiger partial charge in [0.1, 0.15) is 6.61 Å². The molecule has 21 heavy (non-hydrogen) atoms. The second-order valence-corrected chi connectivity index (χ2v) is 4.62. The molecule has 0 saturated carbocycles. The third-order valence-electron chi connectivity index (χ3n) is 2.85. The molecule has 0 aliphatic heterocycles. The molecule has 1 rings (SSSR count). The van der Waals surface area contributed by atoms with Crippen LogP contribution in [-0.2, 0) is 20.9 Å². The summed E-state index contributed by atoms with van der Waals surface area (Å²) >= 11 is 0. The van der Waals surface area contributed by atoms with E-state index in [1.165, 1.54) is 0 Å². The standard InChI is InChI=1S/C15H21NO5/c1-3-20-14(18)13(17)11(2)9-16-15(19)21-10-12-7-5-4-6-8-12/h4-8,11,13,17H,3,9-10H2,1-2H3,(H,16,19)/t11-,13+/m1/s1. The quantitative estimate of drug-likeness (QED) is 0.744. The van der Waals surface area contributed by atoms with Gasteiger partial charge in [-0.15, -0.1) is 0 Å². The number of amides is 1. The normalized spacial score (nSPS) is 13.1. The third kappa shape index (κ3) is 6.27. The maximum Gasteiger partial charge on any atom is 0.407 e. The van der Waals surface area contributed by atoms with E-state index >= 15 is 0 Å². The highest BCUT2D eigenvalue weighted by molar-refractivity contribution is 5.75. The lowest BCUT2D eigenvalue weighted by Gasteiger charge is -2.17. The summed E-state index contributed by atoms with van der Waals surface area (Å²) in [6, 6.07) is 9.28. The minimum absolute atomic E-state index is 0.119. The molecule has 0 radical (unpaired) electrons. The molecule has 116 valence electrons. The molecule has 0 aromatic heterocycles. The molecule has 2 N–H and O–H groups in total. The molecular weight excluding hydrogens is 274 g/mol. The smallest absolute Gasteiger partial charge is 0.407 e. The molecule has 0 spiro atoms. The average Bonchev–Trinajstić information content (AvgIpc) is 2.51. The number of benzene rings is 1. The van der Waals surface area contributed by atoms with Gasteiger partial charge in [-0.25, -0.2) is 9.59 Å². The van der Waals surface area contributed by atoms with Crippen molar-refractivity contribution in [2.45, 2.75) is 26.6 Å². The van der Waals surface area contributed by atoms with Crippen LogP contribution < -0.4 is 5.32 Å². The molecule has 0 saturated heterocycles. The number of carbonyl (C=O) groups excluding carboxylic acids is 2. The number of ether oxygens (including phenoxy) is 2. The van der Waals surface area contributed by atoms with Gasteiger partial charge < -0.3 is 19.9 Å². The van der Waals surface area contributed by atoms with Crippen LogP contribution in [0.3, 0.4) is 0 Å². The zero-order chi connectivity index (χ0) is 15.7. The summed E-state index contributed by atoms with van der Waals surface area (Å²) in [6.45, 7) is 3.79. The van der Waals surface area contributed by atoms with Crippen LogP contribution in [0, 0.1) is 5.92 Å². The zero-order valence-electron chi connectivity index (χ0n) is 12.2. The van der Waals surface area contributed by atoms with Gasteiger partial charge in [0.15, 0.2) is 6.10 Å². The van der Waals surface area contributed by atoms with Gasteiger partial charge in [0.2, 0.25) is 0 Å². The monoisotopic (exact) mass is 295 g/mol. The number of hydrogen-bond donors (Lipinski definition) is 2. The van der Waals surface area contributed by atoms with Gasteiger partial charge >= 0.3 is 12.1 Å². The van der Waals surface area contributed by atoms with Gasteiger partial charge in [-0.3, -0.25) is 0 Å². The lowest BCUT2D eigenvalue weighted by Crippen LogP contribution is -2.38. The van der Waals surface area contributed by atoms with Crippen LogP contribution in [0.5, 0.6) is 0 Å². The number of carbonyl (C=O) groups is 2. The van der Waals surface area contributed by atoms with Crippen molar-refractivity contribution in [2.75, 3.05) is 13.2 Å². The largest absolute Gasteiger partial charge is 0.464 e. The second-order valence-electron chi connectivity index (χ2n) is 4.62. The van der Waals surface area contributed by atoms with Crippen LogP contribution in [0.25, 0.3) is 0 Å². The lowest BCUT2D eigenvalue weighted by molar-refractivity contribution is -0.155. The molecule has 0 bridgehead atoms. The number of hydrogen-bond acceptors (Lipinski definition) is 5. The van der Waals surface area contributed by atoms with Gasteiger partial charge in [0.25, 0.3) is 0 Å². The van der Waals surface area contributed by atoms with Crippen molar-refractivity contribution in [1.29, 1.82) is 0 Å². The van der Waals surface area contributed by atoms with Crippen LogP contribution in [-0.4, -0.2) is 36.4 Å². The van der Waals surface area contributed by atoms with Crippen molar-refractivity contribution < 1.29 is 24.2 Å². The fourth-order valence-corrected chi connectivity index (χ4v) is 1.59. The highest BCUT2D eigenvalue weighted by Crippen LogP contribution is 2.05. The molecule has 2 atom stereocenters. The van der Waals surface area contributed by atoms with E-state index in [1.807, 2.05) is 30.3 Å². The van der Waals surface area contributed by atoms with Crippen LogP contribution in [0.15, 0.2) is 30.3 Å². The number of esters is 1. The van der Waals surface area contributed by atoms with Crippen molar-refractivity contribution in [3.05, 3.63) is 35.9 Å². The molecule has 1 amide bonds.